The zero-order valence-corrected chi connectivity index (χ0v) is 10.4. The predicted molar refractivity (Wildman–Crippen MR) is 63.7 cm³/mol. The Bertz CT molecular complexity index is 258. The molecule has 0 spiro atoms. The Kier molecular flexibility index (Phi) is 9.52. The first-order valence-corrected chi connectivity index (χ1v) is 5.41. The molecule has 0 N–H and O–H groups in total. The lowest BCUT2D eigenvalue weighted by atomic mass is 10.6. The Morgan fingerprint density at radius 3 is 1.67 bits per heavy atom. The molecule has 6 nitrogen and oxygen atoms in total. The monoisotopic (exact) mass is 258 g/mol. The number of esters is 2. The van der Waals surface area contributed by atoms with Crippen LogP contribution < -0.4 is 0 Å². The molecule has 0 aliphatic carbocycles. The first-order valence-electron chi connectivity index (χ1n) is 5.41. The molecule has 0 radical (unpaired) electrons. The third-order valence-corrected chi connectivity index (χ3v) is 1.69. The summed E-state index contributed by atoms with van der Waals surface area (Å²) in [5.74, 6) is -0.994. The molecule has 0 aromatic carbocycles. The van der Waals surface area contributed by atoms with E-state index >= 15 is 0 Å². The minimum atomic E-state index is -0.497. The Morgan fingerprint density at radius 2 is 1.33 bits per heavy atom. The number of ether oxygens (including phenoxy) is 4. The molecule has 0 aromatic rings. The van der Waals surface area contributed by atoms with Crippen molar-refractivity contribution in [3.63, 3.8) is 0 Å². The van der Waals surface area contributed by atoms with Gasteiger partial charge in [-0.3, -0.25) is 0 Å². The minimum Gasteiger partial charge on any atom is -0.460 e. The molecule has 0 aliphatic heterocycles. The summed E-state index contributed by atoms with van der Waals surface area (Å²) in [5.41, 5.74) is 0. The van der Waals surface area contributed by atoms with Crippen molar-refractivity contribution in [1.29, 1.82) is 0 Å². The number of hydrogen-bond acceptors (Lipinski definition) is 6. The predicted octanol–water partition coefficient (Wildman–Crippen LogP) is 0.824. The zero-order valence-electron chi connectivity index (χ0n) is 10.4. The summed E-state index contributed by atoms with van der Waals surface area (Å²) in [4.78, 5) is 21.4. The van der Waals surface area contributed by atoms with Crippen LogP contribution in [0.5, 0.6) is 0 Å². The van der Waals surface area contributed by atoms with Gasteiger partial charge in [-0.25, -0.2) is 9.59 Å². The standard InChI is InChI=1S/C12H18O6/c1-4-11(13)17-8-6-15-10(3)16-7-9-18-12(14)5-2/h4-5,10H,1-2,6-9H2,3H3. The van der Waals surface area contributed by atoms with Gasteiger partial charge in [-0.05, 0) is 6.92 Å². The molecule has 0 aromatic heterocycles. The Balaban J connectivity index is 3.40. The average molecular weight is 258 g/mol. The first kappa shape index (κ1) is 16.3. The van der Waals surface area contributed by atoms with Gasteiger partial charge in [0.1, 0.15) is 13.2 Å². The van der Waals surface area contributed by atoms with Crippen LogP contribution in [-0.4, -0.2) is 44.7 Å². The highest BCUT2D eigenvalue weighted by atomic mass is 16.7. The van der Waals surface area contributed by atoms with Crippen LogP contribution in [0.15, 0.2) is 25.3 Å². The quantitative estimate of drug-likeness (QED) is 0.250. The molecule has 6 heteroatoms. The normalized spacial score (nSPS) is 9.89. The molecule has 0 saturated heterocycles. The third-order valence-electron chi connectivity index (χ3n) is 1.69. The second-order valence-corrected chi connectivity index (χ2v) is 3.05. The van der Waals surface area contributed by atoms with Crippen molar-refractivity contribution in [2.45, 2.75) is 13.2 Å². The van der Waals surface area contributed by atoms with Crippen LogP contribution in [0.1, 0.15) is 6.92 Å². The van der Waals surface area contributed by atoms with E-state index in [0.29, 0.717) is 0 Å². The van der Waals surface area contributed by atoms with Gasteiger partial charge in [-0.2, -0.15) is 0 Å². The number of hydrogen-bond donors (Lipinski definition) is 0. The zero-order chi connectivity index (χ0) is 13.8. The van der Waals surface area contributed by atoms with Gasteiger partial charge < -0.3 is 18.9 Å². The summed E-state index contributed by atoms with van der Waals surface area (Å²) < 4.78 is 19.7. The first-order chi connectivity index (χ1) is 8.60. The Hall–Kier alpha value is -1.66. The smallest absolute Gasteiger partial charge is 0.330 e. The molecular weight excluding hydrogens is 240 g/mol. The van der Waals surface area contributed by atoms with Crippen LogP contribution in [0.2, 0.25) is 0 Å². The van der Waals surface area contributed by atoms with Crippen molar-refractivity contribution in [3.8, 4) is 0 Å². The number of rotatable bonds is 10. The van der Waals surface area contributed by atoms with E-state index < -0.39 is 18.2 Å². The van der Waals surface area contributed by atoms with E-state index in [1.807, 2.05) is 0 Å². The average Bonchev–Trinajstić information content (AvgIpc) is 2.38. The van der Waals surface area contributed by atoms with Crippen molar-refractivity contribution in [2.24, 2.45) is 0 Å². The highest BCUT2D eigenvalue weighted by molar-refractivity contribution is 5.81. The van der Waals surface area contributed by atoms with E-state index in [1.165, 1.54) is 0 Å². The second kappa shape index (κ2) is 10.5. The summed E-state index contributed by atoms with van der Waals surface area (Å²) in [6, 6.07) is 0. The fourth-order valence-corrected chi connectivity index (χ4v) is 0.879. The highest BCUT2D eigenvalue weighted by Crippen LogP contribution is 1.94. The van der Waals surface area contributed by atoms with E-state index in [2.05, 4.69) is 13.2 Å². The topological polar surface area (TPSA) is 71.1 Å². The summed E-state index contributed by atoms with van der Waals surface area (Å²) in [6.07, 6.45) is 1.68. The van der Waals surface area contributed by atoms with Gasteiger partial charge in [-0.1, -0.05) is 13.2 Å². The van der Waals surface area contributed by atoms with Crippen LogP contribution in [0.3, 0.4) is 0 Å². The third kappa shape index (κ3) is 9.56. The Labute approximate surface area is 106 Å². The molecule has 0 amide bonds. The molecule has 0 unspecified atom stereocenters. The van der Waals surface area contributed by atoms with Gasteiger partial charge >= 0.3 is 11.9 Å². The second-order valence-electron chi connectivity index (χ2n) is 3.05. The summed E-state index contributed by atoms with van der Waals surface area (Å²) in [7, 11) is 0. The van der Waals surface area contributed by atoms with Gasteiger partial charge in [0.25, 0.3) is 0 Å². The maximum atomic E-state index is 10.7. The molecule has 0 rings (SSSR count). The van der Waals surface area contributed by atoms with Gasteiger partial charge in [0.05, 0.1) is 13.2 Å². The minimum absolute atomic E-state index is 0.129. The fraction of sp³-hybridized carbons (Fsp3) is 0.500. The molecule has 0 bridgehead atoms. The molecule has 0 heterocycles. The molecular formula is C12H18O6. The van der Waals surface area contributed by atoms with Gasteiger partial charge in [0.15, 0.2) is 6.29 Å². The maximum absolute atomic E-state index is 10.7. The van der Waals surface area contributed by atoms with Crippen molar-refractivity contribution in [1.82, 2.24) is 0 Å². The maximum Gasteiger partial charge on any atom is 0.330 e. The largest absolute Gasteiger partial charge is 0.460 e. The lowest BCUT2D eigenvalue weighted by molar-refractivity contribution is -0.160. The molecule has 102 valence electrons. The lowest BCUT2D eigenvalue weighted by Gasteiger charge is -2.13. The molecule has 0 atom stereocenters. The molecule has 0 fully saturated rings. The SMILES string of the molecule is C=CC(=O)OCCOC(C)OCCOC(=O)C=C. The van der Waals surface area contributed by atoms with Crippen LogP contribution >= 0.6 is 0 Å². The van der Waals surface area contributed by atoms with Crippen LogP contribution in [-0.2, 0) is 28.5 Å². The summed E-state index contributed by atoms with van der Waals surface area (Å²) in [5, 5.41) is 0. The lowest BCUT2D eigenvalue weighted by Crippen LogP contribution is -2.20. The summed E-state index contributed by atoms with van der Waals surface area (Å²) >= 11 is 0. The molecule has 0 saturated carbocycles. The van der Waals surface area contributed by atoms with E-state index in [0.717, 1.165) is 12.2 Å². The van der Waals surface area contributed by atoms with E-state index in [4.69, 9.17) is 18.9 Å². The van der Waals surface area contributed by atoms with Gasteiger partial charge in [0.2, 0.25) is 0 Å². The van der Waals surface area contributed by atoms with Gasteiger partial charge in [-0.15, -0.1) is 0 Å². The highest BCUT2D eigenvalue weighted by Gasteiger charge is 2.03. The van der Waals surface area contributed by atoms with E-state index in [9.17, 15) is 9.59 Å². The van der Waals surface area contributed by atoms with E-state index in [1.54, 1.807) is 6.92 Å². The van der Waals surface area contributed by atoms with Crippen LogP contribution in [0.25, 0.3) is 0 Å². The number of carbonyl (C=O) groups excluding carboxylic acids is 2. The van der Waals surface area contributed by atoms with Crippen LogP contribution in [0, 0.1) is 0 Å². The molecule has 18 heavy (non-hydrogen) atoms. The van der Waals surface area contributed by atoms with Gasteiger partial charge in [0, 0.05) is 12.2 Å². The van der Waals surface area contributed by atoms with Crippen molar-refractivity contribution >= 4 is 11.9 Å². The fourth-order valence-electron chi connectivity index (χ4n) is 0.879. The Morgan fingerprint density at radius 1 is 0.944 bits per heavy atom. The van der Waals surface area contributed by atoms with Crippen molar-refractivity contribution < 1.29 is 28.5 Å². The molecule has 0 aliphatic rings. The van der Waals surface area contributed by atoms with E-state index in [-0.39, 0.29) is 26.4 Å². The summed E-state index contributed by atoms with van der Waals surface area (Å²) in [6.45, 7) is 8.89. The van der Waals surface area contributed by atoms with Crippen molar-refractivity contribution in [2.75, 3.05) is 26.4 Å². The van der Waals surface area contributed by atoms with Crippen LogP contribution in [0.4, 0.5) is 0 Å². The number of carbonyl (C=O) groups is 2. The van der Waals surface area contributed by atoms with Crippen molar-refractivity contribution in [3.05, 3.63) is 25.3 Å².